The topological polar surface area (TPSA) is 58.4 Å². The Labute approximate surface area is 120 Å². The van der Waals surface area contributed by atoms with Gasteiger partial charge in [0.05, 0.1) is 4.92 Å². The molecular weight excluding hydrogens is 254 g/mol. The third kappa shape index (κ3) is 3.77. The van der Waals surface area contributed by atoms with Gasteiger partial charge in [0.2, 0.25) is 0 Å². The van der Waals surface area contributed by atoms with E-state index in [2.05, 4.69) is 17.1 Å². The van der Waals surface area contributed by atoms with Crippen LogP contribution in [0.1, 0.15) is 31.7 Å². The molecule has 0 spiro atoms. The van der Waals surface area contributed by atoms with Crippen LogP contribution in [-0.2, 0) is 6.54 Å². The zero-order valence-corrected chi connectivity index (χ0v) is 12.0. The number of hydrogen-bond acceptors (Lipinski definition) is 4. The van der Waals surface area contributed by atoms with E-state index in [1.54, 1.807) is 12.1 Å². The van der Waals surface area contributed by atoms with Gasteiger partial charge in [-0.05, 0) is 38.9 Å². The molecule has 110 valence electrons. The number of nitrogens with zero attached hydrogens (tertiary/aromatic N) is 2. The molecule has 5 nitrogen and oxygen atoms in total. The Morgan fingerprint density at radius 1 is 1.35 bits per heavy atom. The maximum atomic E-state index is 11.1. The van der Waals surface area contributed by atoms with Gasteiger partial charge in [-0.1, -0.05) is 25.1 Å². The summed E-state index contributed by atoms with van der Waals surface area (Å²) >= 11 is 0. The highest BCUT2D eigenvalue weighted by Gasteiger charge is 2.23. The summed E-state index contributed by atoms with van der Waals surface area (Å²) in [7, 11) is 0. The first kappa shape index (κ1) is 14.9. The molecule has 0 unspecified atom stereocenters. The molecule has 1 N–H and O–H groups in total. The molecule has 1 fully saturated rings. The van der Waals surface area contributed by atoms with Crippen molar-refractivity contribution >= 4 is 5.69 Å². The summed E-state index contributed by atoms with van der Waals surface area (Å²) in [6, 6.07) is 7.63. The fourth-order valence-electron chi connectivity index (χ4n) is 2.89. The van der Waals surface area contributed by atoms with E-state index in [1.807, 2.05) is 12.1 Å². The minimum absolute atomic E-state index is 0.238. The van der Waals surface area contributed by atoms with Crippen molar-refractivity contribution in [3.8, 4) is 0 Å². The molecule has 0 aliphatic carbocycles. The van der Waals surface area contributed by atoms with Gasteiger partial charge in [0.1, 0.15) is 0 Å². The minimum Gasteiger partial charge on any atom is -0.317 e. The fraction of sp³-hybridized carbons (Fsp3) is 0.600. The van der Waals surface area contributed by atoms with Gasteiger partial charge in [0.25, 0.3) is 5.69 Å². The Kier molecular flexibility index (Phi) is 5.49. The summed E-state index contributed by atoms with van der Waals surface area (Å²) in [6.45, 7) is 5.92. The lowest BCUT2D eigenvalue weighted by Gasteiger charge is -2.34. The lowest BCUT2D eigenvalue weighted by molar-refractivity contribution is -0.385. The molecule has 1 aromatic rings. The predicted octanol–water partition coefficient (Wildman–Crippen LogP) is 2.56. The summed E-state index contributed by atoms with van der Waals surface area (Å²) in [6.07, 6.45) is 3.33. The smallest absolute Gasteiger partial charge is 0.273 e. The zero-order chi connectivity index (χ0) is 14.4. The Bertz CT molecular complexity index is 444. The Morgan fingerprint density at radius 2 is 2.05 bits per heavy atom. The third-order valence-electron chi connectivity index (χ3n) is 3.90. The van der Waals surface area contributed by atoms with Crippen LogP contribution in [0.15, 0.2) is 24.3 Å². The van der Waals surface area contributed by atoms with Crippen LogP contribution in [0.3, 0.4) is 0 Å². The Morgan fingerprint density at radius 3 is 2.70 bits per heavy atom. The van der Waals surface area contributed by atoms with Crippen LogP contribution in [0.2, 0.25) is 0 Å². The first-order valence-corrected chi connectivity index (χ1v) is 7.39. The lowest BCUT2D eigenvalue weighted by Crippen LogP contribution is -2.43. The number of rotatable bonds is 6. The van der Waals surface area contributed by atoms with Gasteiger partial charge < -0.3 is 5.32 Å². The van der Waals surface area contributed by atoms with E-state index in [-0.39, 0.29) is 10.6 Å². The van der Waals surface area contributed by atoms with Crippen molar-refractivity contribution in [1.29, 1.82) is 0 Å². The second kappa shape index (κ2) is 7.36. The van der Waals surface area contributed by atoms with Crippen molar-refractivity contribution in [3.63, 3.8) is 0 Å². The number of para-hydroxylation sites is 1. The lowest BCUT2D eigenvalue weighted by atomic mass is 10.0. The van der Waals surface area contributed by atoms with Crippen LogP contribution < -0.4 is 5.32 Å². The van der Waals surface area contributed by atoms with E-state index in [0.29, 0.717) is 12.6 Å². The van der Waals surface area contributed by atoms with E-state index in [4.69, 9.17) is 0 Å². The molecule has 1 aromatic carbocycles. The molecule has 1 aliphatic rings. The van der Waals surface area contributed by atoms with Gasteiger partial charge in [0, 0.05) is 24.2 Å². The highest BCUT2D eigenvalue weighted by Crippen LogP contribution is 2.22. The maximum Gasteiger partial charge on any atom is 0.273 e. The van der Waals surface area contributed by atoms with E-state index in [9.17, 15) is 10.1 Å². The monoisotopic (exact) mass is 277 g/mol. The minimum atomic E-state index is -0.276. The number of piperidine rings is 1. The molecule has 0 amide bonds. The molecule has 0 aromatic heterocycles. The van der Waals surface area contributed by atoms with Gasteiger partial charge in [-0.15, -0.1) is 0 Å². The number of nitro groups is 1. The van der Waals surface area contributed by atoms with Gasteiger partial charge in [-0.2, -0.15) is 0 Å². The molecule has 5 heteroatoms. The van der Waals surface area contributed by atoms with Crippen LogP contribution in [0.5, 0.6) is 0 Å². The molecule has 20 heavy (non-hydrogen) atoms. The first-order chi connectivity index (χ1) is 9.72. The van der Waals surface area contributed by atoms with E-state index in [0.717, 1.165) is 44.5 Å². The van der Waals surface area contributed by atoms with Crippen LogP contribution in [0.4, 0.5) is 5.69 Å². The summed E-state index contributed by atoms with van der Waals surface area (Å²) in [4.78, 5) is 13.2. The number of nitro benzene ring substituents is 1. The van der Waals surface area contributed by atoms with Crippen molar-refractivity contribution in [2.45, 2.75) is 38.8 Å². The van der Waals surface area contributed by atoms with Crippen molar-refractivity contribution in [3.05, 3.63) is 39.9 Å². The standard InChI is InChI=1S/C15H23N3O2/c1-2-11-17(14-7-9-16-10-8-14)12-13-5-3-4-6-15(13)18(19)20/h3-6,14,16H,2,7-12H2,1H3. The normalized spacial score (nSPS) is 16.5. The molecule has 0 bridgehead atoms. The first-order valence-electron chi connectivity index (χ1n) is 7.39. The van der Waals surface area contributed by atoms with Crippen LogP contribution in [-0.4, -0.2) is 35.5 Å². The maximum absolute atomic E-state index is 11.1. The summed E-state index contributed by atoms with van der Waals surface area (Å²) < 4.78 is 0. The number of hydrogen-bond donors (Lipinski definition) is 1. The molecule has 1 saturated heterocycles. The SMILES string of the molecule is CCCN(Cc1ccccc1[N+](=O)[O-])C1CCNCC1. The Hall–Kier alpha value is -1.46. The van der Waals surface area contributed by atoms with E-state index >= 15 is 0 Å². The average Bonchev–Trinajstić information content (AvgIpc) is 2.48. The molecular formula is C15H23N3O2. The van der Waals surface area contributed by atoms with Gasteiger partial charge in [0.15, 0.2) is 0 Å². The van der Waals surface area contributed by atoms with E-state index in [1.165, 1.54) is 0 Å². The van der Waals surface area contributed by atoms with Crippen molar-refractivity contribution in [1.82, 2.24) is 10.2 Å². The average molecular weight is 277 g/mol. The third-order valence-corrected chi connectivity index (χ3v) is 3.90. The highest BCUT2D eigenvalue weighted by atomic mass is 16.6. The van der Waals surface area contributed by atoms with E-state index < -0.39 is 0 Å². The largest absolute Gasteiger partial charge is 0.317 e. The molecule has 2 rings (SSSR count). The van der Waals surface area contributed by atoms with Crippen LogP contribution >= 0.6 is 0 Å². The number of benzene rings is 1. The molecule has 1 aliphatic heterocycles. The van der Waals surface area contributed by atoms with Crippen molar-refractivity contribution in [2.75, 3.05) is 19.6 Å². The zero-order valence-electron chi connectivity index (χ0n) is 12.0. The summed E-state index contributed by atoms with van der Waals surface area (Å²) in [5, 5.41) is 14.5. The van der Waals surface area contributed by atoms with Gasteiger partial charge in [-0.25, -0.2) is 0 Å². The molecule has 1 heterocycles. The van der Waals surface area contributed by atoms with Crippen LogP contribution in [0, 0.1) is 10.1 Å². The second-order valence-electron chi connectivity index (χ2n) is 5.34. The predicted molar refractivity (Wildman–Crippen MR) is 79.7 cm³/mol. The number of nitrogens with one attached hydrogen (secondary N) is 1. The fourth-order valence-corrected chi connectivity index (χ4v) is 2.89. The van der Waals surface area contributed by atoms with Gasteiger partial charge >= 0.3 is 0 Å². The van der Waals surface area contributed by atoms with Crippen molar-refractivity contribution < 1.29 is 4.92 Å². The highest BCUT2D eigenvalue weighted by molar-refractivity contribution is 5.39. The summed E-state index contributed by atoms with van der Waals surface area (Å²) in [5.74, 6) is 0. The van der Waals surface area contributed by atoms with Gasteiger partial charge in [-0.3, -0.25) is 15.0 Å². The molecule has 0 saturated carbocycles. The summed E-state index contributed by atoms with van der Waals surface area (Å²) in [5.41, 5.74) is 1.06. The molecule has 0 radical (unpaired) electrons. The van der Waals surface area contributed by atoms with Crippen molar-refractivity contribution in [2.24, 2.45) is 0 Å². The molecule has 0 atom stereocenters. The quantitative estimate of drug-likeness (QED) is 0.641. The second-order valence-corrected chi connectivity index (χ2v) is 5.34. The Balaban J connectivity index is 2.13. The van der Waals surface area contributed by atoms with Crippen LogP contribution in [0.25, 0.3) is 0 Å².